The van der Waals surface area contributed by atoms with Gasteiger partial charge < -0.3 is 39.4 Å². The standard InChI is InChI=1S/C26H18O11/c27-14-6-5-11(7-15(14)28)25-24(34)23(33)22-16(29)9-18-21(26(22)37-25)13(8-20(32)36-18)12-3-1-2-4-17(12)35-10-19(30)31/h1-7,9,13,27-29,34H,8,10H2,(H,30,31)/t13-/m1/s1. The number of esters is 1. The zero-order valence-electron chi connectivity index (χ0n) is 18.8. The van der Waals surface area contributed by atoms with E-state index in [1.54, 1.807) is 18.2 Å². The molecule has 0 saturated carbocycles. The van der Waals surface area contributed by atoms with E-state index in [0.29, 0.717) is 5.56 Å². The Morgan fingerprint density at radius 1 is 0.973 bits per heavy atom. The number of phenols is 3. The van der Waals surface area contributed by atoms with Crippen molar-refractivity contribution < 1.29 is 49.0 Å². The highest BCUT2D eigenvalue weighted by Gasteiger charge is 2.36. The van der Waals surface area contributed by atoms with Gasteiger partial charge in [0.05, 0.1) is 6.42 Å². The van der Waals surface area contributed by atoms with Crippen molar-refractivity contribution >= 4 is 22.9 Å². The average Bonchev–Trinajstić information content (AvgIpc) is 2.85. The molecule has 1 aliphatic heterocycles. The van der Waals surface area contributed by atoms with E-state index in [-0.39, 0.29) is 45.8 Å². The van der Waals surface area contributed by atoms with Crippen LogP contribution in [0.1, 0.15) is 23.5 Å². The van der Waals surface area contributed by atoms with Gasteiger partial charge in [0.2, 0.25) is 11.2 Å². The molecule has 0 bridgehead atoms. The maximum absolute atomic E-state index is 13.2. The van der Waals surface area contributed by atoms with E-state index in [4.69, 9.17) is 19.0 Å². The normalized spacial score (nSPS) is 14.7. The number of phenolic OH excluding ortho intramolecular Hbond substituents is 3. The van der Waals surface area contributed by atoms with Crippen molar-refractivity contribution in [1.82, 2.24) is 0 Å². The van der Waals surface area contributed by atoms with Crippen molar-refractivity contribution in [2.75, 3.05) is 6.61 Å². The minimum absolute atomic E-state index is 0.0402. The van der Waals surface area contributed by atoms with Gasteiger partial charge in [-0.1, -0.05) is 18.2 Å². The molecule has 188 valence electrons. The number of rotatable bonds is 5. The maximum Gasteiger partial charge on any atom is 0.341 e. The minimum Gasteiger partial charge on any atom is -0.507 e. The van der Waals surface area contributed by atoms with E-state index in [0.717, 1.165) is 18.2 Å². The molecule has 0 fully saturated rings. The number of carboxylic acids is 1. The smallest absolute Gasteiger partial charge is 0.341 e. The Labute approximate surface area is 207 Å². The number of ether oxygens (including phenoxy) is 2. The fourth-order valence-corrected chi connectivity index (χ4v) is 4.35. The van der Waals surface area contributed by atoms with Crippen molar-refractivity contribution in [3.63, 3.8) is 0 Å². The van der Waals surface area contributed by atoms with E-state index in [1.165, 1.54) is 12.1 Å². The molecule has 11 heteroatoms. The summed E-state index contributed by atoms with van der Waals surface area (Å²) in [5.74, 6) is -5.46. The van der Waals surface area contributed by atoms with Crippen LogP contribution in [-0.2, 0) is 9.59 Å². The first kappa shape index (κ1) is 23.5. The number of benzene rings is 3. The topological polar surface area (TPSA) is 184 Å². The summed E-state index contributed by atoms with van der Waals surface area (Å²) in [6.45, 7) is -0.644. The lowest BCUT2D eigenvalue weighted by atomic mass is 9.84. The quantitative estimate of drug-likeness (QED) is 0.152. The van der Waals surface area contributed by atoms with Gasteiger partial charge in [-0.25, -0.2) is 4.79 Å². The van der Waals surface area contributed by atoms with Gasteiger partial charge in [-0.2, -0.15) is 0 Å². The molecule has 1 atom stereocenters. The van der Waals surface area contributed by atoms with Crippen molar-refractivity contribution in [3.05, 3.63) is 69.9 Å². The van der Waals surface area contributed by atoms with E-state index in [1.807, 2.05) is 0 Å². The summed E-state index contributed by atoms with van der Waals surface area (Å²) in [5, 5.41) is 49.4. The highest BCUT2D eigenvalue weighted by Crippen LogP contribution is 2.48. The Kier molecular flexibility index (Phi) is 5.59. The average molecular weight is 506 g/mol. The molecule has 0 saturated heterocycles. The first-order chi connectivity index (χ1) is 17.7. The summed E-state index contributed by atoms with van der Waals surface area (Å²) in [7, 11) is 0. The third kappa shape index (κ3) is 4.01. The van der Waals surface area contributed by atoms with Crippen LogP contribution in [0.4, 0.5) is 0 Å². The second-order valence-electron chi connectivity index (χ2n) is 8.28. The van der Waals surface area contributed by atoms with E-state index < -0.39 is 52.9 Å². The van der Waals surface area contributed by atoms with Gasteiger partial charge in [-0.05, 0) is 24.3 Å². The van der Waals surface area contributed by atoms with Crippen LogP contribution in [0.3, 0.4) is 0 Å². The van der Waals surface area contributed by atoms with Crippen molar-refractivity contribution in [2.24, 2.45) is 0 Å². The summed E-state index contributed by atoms with van der Waals surface area (Å²) >= 11 is 0. The number of fused-ring (bicyclic) bond motifs is 3. The van der Waals surface area contributed by atoms with E-state index in [9.17, 15) is 34.8 Å². The van der Waals surface area contributed by atoms with Crippen molar-refractivity contribution in [1.29, 1.82) is 0 Å². The first-order valence-electron chi connectivity index (χ1n) is 10.9. The van der Waals surface area contributed by atoms with Crippen LogP contribution in [0.25, 0.3) is 22.3 Å². The fourth-order valence-electron chi connectivity index (χ4n) is 4.35. The second-order valence-corrected chi connectivity index (χ2v) is 8.28. The molecule has 11 nitrogen and oxygen atoms in total. The van der Waals surface area contributed by atoms with Crippen LogP contribution in [0, 0.1) is 0 Å². The molecule has 3 aromatic carbocycles. The number of hydrogen-bond acceptors (Lipinski definition) is 10. The molecule has 5 rings (SSSR count). The minimum atomic E-state index is -1.21. The summed E-state index contributed by atoms with van der Waals surface area (Å²) < 4.78 is 16.7. The monoisotopic (exact) mass is 506 g/mol. The number of hydrogen-bond donors (Lipinski definition) is 5. The molecule has 0 aliphatic carbocycles. The molecule has 1 aromatic heterocycles. The van der Waals surface area contributed by atoms with Gasteiger partial charge in [0, 0.05) is 28.7 Å². The zero-order chi connectivity index (χ0) is 26.4. The van der Waals surface area contributed by atoms with Crippen LogP contribution >= 0.6 is 0 Å². The van der Waals surface area contributed by atoms with Crippen LogP contribution in [0.15, 0.2) is 57.7 Å². The first-order valence-corrected chi connectivity index (χ1v) is 10.9. The number of aliphatic carboxylic acids is 1. The zero-order valence-corrected chi connectivity index (χ0v) is 18.8. The summed E-state index contributed by atoms with van der Waals surface area (Å²) in [6.07, 6.45) is -0.236. The lowest BCUT2D eigenvalue weighted by molar-refractivity contribution is -0.139. The largest absolute Gasteiger partial charge is 0.507 e. The molecule has 37 heavy (non-hydrogen) atoms. The number of carboxylic acid groups (broad SMARTS) is 1. The second kappa shape index (κ2) is 8.79. The Hall–Kier alpha value is -5.19. The fraction of sp³-hybridized carbons (Fsp3) is 0.115. The molecule has 5 N–H and O–H groups in total. The molecule has 0 spiro atoms. The van der Waals surface area contributed by atoms with Gasteiger partial charge >= 0.3 is 11.9 Å². The molecule has 0 amide bonds. The molecule has 1 aliphatic rings. The maximum atomic E-state index is 13.2. The molecule has 2 heterocycles. The predicted octanol–water partition coefficient (Wildman–Crippen LogP) is 3.19. The number of carbonyl (C=O) groups excluding carboxylic acids is 1. The molecular formula is C26H18O11. The summed E-state index contributed by atoms with van der Waals surface area (Å²) in [5.41, 5.74) is -0.576. The third-order valence-corrected chi connectivity index (χ3v) is 5.95. The van der Waals surface area contributed by atoms with Crippen LogP contribution in [-0.4, -0.2) is 44.1 Å². The Balaban J connectivity index is 1.81. The molecule has 4 aromatic rings. The lowest BCUT2D eigenvalue weighted by Crippen LogP contribution is -2.23. The number of aromatic hydroxyl groups is 4. The van der Waals surface area contributed by atoms with Gasteiger partial charge in [0.1, 0.15) is 28.2 Å². The number of carbonyl (C=O) groups is 2. The van der Waals surface area contributed by atoms with Gasteiger partial charge in [-0.3, -0.25) is 9.59 Å². The van der Waals surface area contributed by atoms with Gasteiger partial charge in [0.25, 0.3) is 0 Å². The van der Waals surface area contributed by atoms with Crippen molar-refractivity contribution in [3.8, 4) is 45.8 Å². The number of para-hydroxylation sites is 1. The Morgan fingerprint density at radius 2 is 1.73 bits per heavy atom. The Morgan fingerprint density at radius 3 is 2.46 bits per heavy atom. The SMILES string of the molecule is O=C(O)COc1ccccc1[C@H]1CC(=O)Oc2cc(O)c3c(=O)c(O)c(-c4ccc(O)c(O)c4)oc3c21. The van der Waals surface area contributed by atoms with Gasteiger partial charge in [-0.15, -0.1) is 0 Å². The van der Waals surface area contributed by atoms with E-state index >= 15 is 0 Å². The Bertz CT molecular complexity index is 1650. The van der Waals surface area contributed by atoms with E-state index in [2.05, 4.69) is 0 Å². The van der Waals surface area contributed by atoms with Crippen LogP contribution < -0.4 is 14.9 Å². The summed E-state index contributed by atoms with van der Waals surface area (Å²) in [4.78, 5) is 36.7. The molecule has 0 unspecified atom stereocenters. The van der Waals surface area contributed by atoms with Crippen LogP contribution in [0.2, 0.25) is 0 Å². The van der Waals surface area contributed by atoms with Crippen molar-refractivity contribution in [2.45, 2.75) is 12.3 Å². The highest BCUT2D eigenvalue weighted by molar-refractivity contribution is 5.94. The highest BCUT2D eigenvalue weighted by atomic mass is 16.5. The lowest BCUT2D eigenvalue weighted by Gasteiger charge is -2.27. The molecular weight excluding hydrogens is 488 g/mol. The predicted molar refractivity (Wildman–Crippen MR) is 126 cm³/mol. The summed E-state index contributed by atoms with van der Waals surface area (Å²) in [6, 6.07) is 11.0. The van der Waals surface area contributed by atoms with Crippen LogP contribution in [0.5, 0.6) is 34.5 Å². The molecule has 0 radical (unpaired) electrons. The third-order valence-electron chi connectivity index (χ3n) is 5.95. The van der Waals surface area contributed by atoms with Gasteiger partial charge in [0.15, 0.2) is 23.9 Å².